The third kappa shape index (κ3) is 7.34. The lowest BCUT2D eigenvalue weighted by Gasteiger charge is -2.38. The smallest absolute Gasteiger partial charge is 0.317 e. The van der Waals surface area contributed by atoms with Crippen LogP contribution in [0.3, 0.4) is 0 Å². The number of aliphatic hydroxyl groups is 1. The number of ether oxygens (including phenoxy) is 1. The first-order valence-electron chi connectivity index (χ1n) is 12.9. The third-order valence-electron chi connectivity index (χ3n) is 6.88. The highest BCUT2D eigenvalue weighted by atomic mass is 16.5. The minimum Gasteiger partial charge on any atom is -0.472 e. The molecule has 0 aromatic carbocycles. The minimum atomic E-state index is -0.384. The second-order valence-corrected chi connectivity index (χ2v) is 10.4. The van der Waals surface area contributed by atoms with E-state index < -0.39 is 0 Å². The lowest BCUT2D eigenvalue weighted by atomic mass is 9.96. The Bertz CT molecular complexity index is 967. The number of carbonyl (C=O) groups is 2. The van der Waals surface area contributed by atoms with E-state index in [9.17, 15) is 14.7 Å². The Hall–Kier alpha value is -2.83. The minimum absolute atomic E-state index is 0.0950. The Labute approximate surface area is 215 Å². The fourth-order valence-corrected chi connectivity index (χ4v) is 4.57. The number of nitrogens with one attached hydrogen (secondary N) is 1. The van der Waals surface area contributed by atoms with E-state index in [4.69, 9.17) is 4.74 Å². The van der Waals surface area contributed by atoms with Crippen molar-refractivity contribution >= 4 is 11.9 Å². The molecular weight excluding hydrogens is 458 g/mol. The van der Waals surface area contributed by atoms with Crippen LogP contribution in [0.1, 0.15) is 61.9 Å². The normalized spacial score (nSPS) is 21.4. The summed E-state index contributed by atoms with van der Waals surface area (Å²) in [6.07, 6.45) is 6.78. The van der Waals surface area contributed by atoms with Crippen molar-refractivity contribution in [2.24, 2.45) is 5.92 Å². The van der Waals surface area contributed by atoms with Gasteiger partial charge in [-0.25, -0.2) is 9.78 Å². The third-order valence-corrected chi connectivity index (χ3v) is 6.88. The lowest BCUT2D eigenvalue weighted by molar-refractivity contribution is 0.0351. The van der Waals surface area contributed by atoms with Crippen LogP contribution < -0.4 is 10.1 Å². The molecule has 2 N–H and O–H groups in total. The number of fused-ring (bicyclic) bond motifs is 1. The highest BCUT2D eigenvalue weighted by Gasteiger charge is 2.35. The molecule has 0 bridgehead atoms. The van der Waals surface area contributed by atoms with Crippen LogP contribution in [0.2, 0.25) is 0 Å². The standard InChI is InChI=1S/C27H41N5O4/c1-19-16-32(20(2)18-33)26(34)23-14-21(10-9-13-30(3)4)15-28-25(23)36-24(19)17-31(5)27(35)29-22-11-7-6-8-12-22/h14-15,19-20,22,24,33H,6-8,11-13,16-18H2,1-5H3,(H,29,35)/t19-,20-,24+/m0/s1. The molecule has 3 rings (SSSR count). The van der Waals surface area contributed by atoms with E-state index in [-0.39, 0.29) is 48.5 Å². The van der Waals surface area contributed by atoms with Gasteiger partial charge in [-0.2, -0.15) is 0 Å². The molecule has 2 aliphatic rings. The van der Waals surface area contributed by atoms with Gasteiger partial charge in [0.2, 0.25) is 5.88 Å². The van der Waals surface area contributed by atoms with Crippen molar-refractivity contribution in [1.82, 2.24) is 25.0 Å². The molecule has 1 saturated carbocycles. The van der Waals surface area contributed by atoms with Crippen LogP contribution in [-0.2, 0) is 0 Å². The van der Waals surface area contributed by atoms with Gasteiger partial charge in [-0.15, -0.1) is 0 Å². The van der Waals surface area contributed by atoms with Crippen LogP contribution in [0.5, 0.6) is 5.88 Å². The van der Waals surface area contributed by atoms with E-state index in [2.05, 4.69) is 22.1 Å². The molecule has 0 spiro atoms. The van der Waals surface area contributed by atoms with E-state index in [1.165, 1.54) is 6.42 Å². The van der Waals surface area contributed by atoms with Crippen LogP contribution >= 0.6 is 0 Å². The fraction of sp³-hybridized carbons (Fsp3) is 0.667. The second kappa shape index (κ2) is 12.9. The van der Waals surface area contributed by atoms with Crippen LogP contribution in [0.4, 0.5) is 4.79 Å². The van der Waals surface area contributed by atoms with Crippen molar-refractivity contribution in [1.29, 1.82) is 0 Å². The van der Waals surface area contributed by atoms with E-state index in [0.29, 0.717) is 30.8 Å². The summed E-state index contributed by atoms with van der Waals surface area (Å²) in [5, 5.41) is 13.0. The first-order chi connectivity index (χ1) is 17.2. The molecule has 36 heavy (non-hydrogen) atoms. The van der Waals surface area contributed by atoms with E-state index in [1.807, 2.05) is 32.8 Å². The lowest BCUT2D eigenvalue weighted by Crippen LogP contribution is -2.52. The van der Waals surface area contributed by atoms with Gasteiger partial charge in [-0.05, 0) is 39.9 Å². The molecule has 1 aromatic rings. The van der Waals surface area contributed by atoms with Crippen molar-refractivity contribution in [3.63, 3.8) is 0 Å². The molecule has 1 fully saturated rings. The Balaban J connectivity index is 1.83. The monoisotopic (exact) mass is 499 g/mol. The van der Waals surface area contributed by atoms with Gasteiger partial charge < -0.3 is 25.0 Å². The molecule has 0 radical (unpaired) electrons. The summed E-state index contributed by atoms with van der Waals surface area (Å²) in [5.41, 5.74) is 0.941. The number of amides is 3. The number of hydrogen-bond acceptors (Lipinski definition) is 6. The zero-order valence-electron chi connectivity index (χ0n) is 22.3. The van der Waals surface area contributed by atoms with Gasteiger partial charge in [0.25, 0.3) is 5.91 Å². The topological polar surface area (TPSA) is 98.2 Å². The highest BCUT2D eigenvalue weighted by molar-refractivity contribution is 5.97. The Morgan fingerprint density at radius 2 is 2.03 bits per heavy atom. The predicted octanol–water partition coefficient (Wildman–Crippen LogP) is 2.19. The first kappa shape index (κ1) is 27.8. The zero-order valence-corrected chi connectivity index (χ0v) is 22.3. The summed E-state index contributed by atoms with van der Waals surface area (Å²) in [6, 6.07) is 1.44. The first-order valence-corrected chi connectivity index (χ1v) is 12.9. The molecule has 198 valence electrons. The maximum absolute atomic E-state index is 13.5. The van der Waals surface area contributed by atoms with Crippen LogP contribution in [0.25, 0.3) is 0 Å². The van der Waals surface area contributed by atoms with Gasteiger partial charge in [-0.1, -0.05) is 38.0 Å². The van der Waals surface area contributed by atoms with Crippen LogP contribution in [-0.4, -0.2) is 102 Å². The number of nitrogens with zero attached hydrogens (tertiary/aromatic N) is 4. The van der Waals surface area contributed by atoms with Gasteiger partial charge in [0, 0.05) is 37.3 Å². The number of aromatic nitrogens is 1. The predicted molar refractivity (Wildman–Crippen MR) is 139 cm³/mol. The quantitative estimate of drug-likeness (QED) is 0.583. The van der Waals surface area contributed by atoms with Gasteiger partial charge >= 0.3 is 6.03 Å². The summed E-state index contributed by atoms with van der Waals surface area (Å²) in [4.78, 5) is 36.1. The number of likely N-dealkylation sites (N-methyl/N-ethyl adjacent to an activating group) is 1. The fourth-order valence-electron chi connectivity index (χ4n) is 4.57. The second-order valence-electron chi connectivity index (χ2n) is 10.4. The average molecular weight is 500 g/mol. The van der Waals surface area contributed by atoms with Crippen molar-refractivity contribution in [2.75, 3.05) is 47.4 Å². The van der Waals surface area contributed by atoms with Crippen LogP contribution in [0, 0.1) is 17.8 Å². The van der Waals surface area contributed by atoms with Gasteiger partial charge in [0.05, 0.1) is 25.7 Å². The van der Waals surface area contributed by atoms with Crippen molar-refractivity contribution in [3.8, 4) is 17.7 Å². The van der Waals surface area contributed by atoms with Crippen molar-refractivity contribution in [2.45, 2.75) is 64.1 Å². The molecule has 0 unspecified atom stereocenters. The molecule has 3 atom stereocenters. The van der Waals surface area contributed by atoms with Gasteiger partial charge in [-0.3, -0.25) is 9.69 Å². The number of carbonyl (C=O) groups excluding carboxylic acids is 2. The molecule has 1 aliphatic carbocycles. The highest BCUT2D eigenvalue weighted by Crippen LogP contribution is 2.27. The maximum Gasteiger partial charge on any atom is 0.317 e. The number of aliphatic hydroxyl groups excluding tert-OH is 1. The van der Waals surface area contributed by atoms with Gasteiger partial charge in [0.1, 0.15) is 11.7 Å². The average Bonchev–Trinajstić information content (AvgIpc) is 2.86. The van der Waals surface area contributed by atoms with E-state index >= 15 is 0 Å². The van der Waals surface area contributed by atoms with Gasteiger partial charge in [0.15, 0.2) is 0 Å². The van der Waals surface area contributed by atoms with E-state index in [1.54, 1.807) is 29.1 Å². The number of pyridine rings is 1. The molecule has 1 aromatic heterocycles. The number of hydrogen-bond donors (Lipinski definition) is 2. The van der Waals surface area contributed by atoms with Crippen molar-refractivity contribution in [3.05, 3.63) is 23.4 Å². The Kier molecular flexibility index (Phi) is 9.97. The maximum atomic E-state index is 13.5. The Morgan fingerprint density at radius 1 is 1.31 bits per heavy atom. The largest absolute Gasteiger partial charge is 0.472 e. The summed E-state index contributed by atoms with van der Waals surface area (Å²) in [7, 11) is 5.64. The number of rotatable bonds is 6. The Morgan fingerprint density at radius 3 is 2.69 bits per heavy atom. The molecular formula is C27H41N5O4. The van der Waals surface area contributed by atoms with E-state index in [0.717, 1.165) is 25.7 Å². The molecule has 9 nitrogen and oxygen atoms in total. The summed E-state index contributed by atoms with van der Waals surface area (Å²) in [6.45, 7) is 4.98. The summed E-state index contributed by atoms with van der Waals surface area (Å²) >= 11 is 0. The summed E-state index contributed by atoms with van der Waals surface area (Å²) < 4.78 is 6.29. The molecule has 3 amide bonds. The molecule has 0 saturated heterocycles. The molecule has 1 aliphatic heterocycles. The number of urea groups is 1. The van der Waals surface area contributed by atoms with Crippen LogP contribution in [0.15, 0.2) is 12.3 Å². The summed E-state index contributed by atoms with van der Waals surface area (Å²) in [5.74, 6) is 6.00. The molecule has 9 heteroatoms. The zero-order chi connectivity index (χ0) is 26.2. The SMILES string of the molecule is C[C@H]1CN([C@@H](C)CO)C(=O)c2cc(C#CCN(C)C)cnc2O[C@@H]1CN(C)C(=O)NC1CCCCC1. The molecule has 2 heterocycles. The van der Waals surface area contributed by atoms with Crippen molar-refractivity contribution < 1.29 is 19.4 Å².